The summed E-state index contributed by atoms with van der Waals surface area (Å²) in [5.74, 6) is 0.349. The van der Waals surface area contributed by atoms with Crippen LogP contribution in [0.3, 0.4) is 0 Å². The molecule has 0 aromatic heterocycles. The van der Waals surface area contributed by atoms with E-state index in [-0.39, 0.29) is 12.4 Å². The lowest BCUT2D eigenvalue weighted by atomic mass is 10.1. The Morgan fingerprint density at radius 1 is 1.08 bits per heavy atom. The zero-order valence-electron chi connectivity index (χ0n) is 15.0. The molecule has 0 aliphatic heterocycles. The van der Waals surface area contributed by atoms with Crippen LogP contribution in [0.2, 0.25) is 0 Å². The molecular formula is C19H24FN3O2S. The fourth-order valence-corrected chi connectivity index (χ4v) is 2.99. The largest absolute Gasteiger partial charge is 0.357 e. The zero-order chi connectivity index (χ0) is 19.0. The molecule has 2 aromatic carbocycles. The van der Waals surface area contributed by atoms with E-state index in [1.54, 1.807) is 30.3 Å². The number of rotatable bonds is 7. The summed E-state index contributed by atoms with van der Waals surface area (Å²) in [6.45, 7) is 3.54. The maximum atomic E-state index is 13.7. The Bertz CT molecular complexity index is 849. The molecule has 140 valence electrons. The van der Waals surface area contributed by atoms with Gasteiger partial charge in [-0.3, -0.25) is 0 Å². The summed E-state index contributed by atoms with van der Waals surface area (Å²) >= 11 is 0. The van der Waals surface area contributed by atoms with Crippen LogP contribution in [0.15, 0.2) is 58.4 Å². The van der Waals surface area contributed by atoms with Crippen molar-refractivity contribution in [2.24, 2.45) is 4.99 Å². The van der Waals surface area contributed by atoms with Crippen LogP contribution in [0.25, 0.3) is 0 Å². The van der Waals surface area contributed by atoms with E-state index >= 15 is 0 Å². The average Bonchev–Trinajstić information content (AvgIpc) is 2.60. The molecule has 0 saturated carbocycles. The number of benzene rings is 2. The van der Waals surface area contributed by atoms with Crippen LogP contribution in [0.1, 0.15) is 18.1 Å². The Morgan fingerprint density at radius 3 is 2.38 bits per heavy atom. The zero-order valence-corrected chi connectivity index (χ0v) is 15.8. The van der Waals surface area contributed by atoms with Gasteiger partial charge in [0, 0.05) is 24.9 Å². The van der Waals surface area contributed by atoms with E-state index in [1.165, 1.54) is 12.3 Å². The minimum Gasteiger partial charge on any atom is -0.357 e. The van der Waals surface area contributed by atoms with Crippen molar-refractivity contribution < 1.29 is 12.8 Å². The molecule has 0 atom stereocenters. The first-order valence-corrected chi connectivity index (χ1v) is 10.3. The number of hydrogen-bond acceptors (Lipinski definition) is 3. The van der Waals surface area contributed by atoms with Gasteiger partial charge < -0.3 is 10.6 Å². The molecule has 2 rings (SSSR count). The monoisotopic (exact) mass is 377 g/mol. The molecule has 26 heavy (non-hydrogen) atoms. The number of nitrogens with zero attached hydrogens (tertiary/aromatic N) is 1. The lowest BCUT2D eigenvalue weighted by Crippen LogP contribution is -2.38. The Balaban J connectivity index is 1.92. The van der Waals surface area contributed by atoms with Gasteiger partial charge in [0.15, 0.2) is 15.8 Å². The smallest absolute Gasteiger partial charge is 0.191 e. The second-order valence-electron chi connectivity index (χ2n) is 5.88. The molecule has 0 aliphatic rings. The van der Waals surface area contributed by atoms with Gasteiger partial charge in [-0.1, -0.05) is 30.3 Å². The summed E-state index contributed by atoms with van der Waals surface area (Å²) in [7, 11) is -3.17. The minimum atomic E-state index is -3.17. The first kappa shape index (κ1) is 19.9. The summed E-state index contributed by atoms with van der Waals surface area (Å²) in [6, 6.07) is 13.4. The van der Waals surface area contributed by atoms with Crippen LogP contribution in [-0.2, 0) is 22.8 Å². The van der Waals surface area contributed by atoms with Crippen molar-refractivity contribution >= 4 is 15.8 Å². The highest BCUT2D eigenvalue weighted by Gasteiger charge is 2.06. The van der Waals surface area contributed by atoms with Crippen LogP contribution >= 0.6 is 0 Å². The fraction of sp³-hybridized carbons (Fsp3) is 0.316. The molecule has 0 amide bonds. The first-order valence-electron chi connectivity index (χ1n) is 8.44. The summed E-state index contributed by atoms with van der Waals surface area (Å²) in [6.07, 6.45) is 1.91. The summed E-state index contributed by atoms with van der Waals surface area (Å²) < 4.78 is 36.6. The molecule has 0 heterocycles. The molecule has 0 fully saturated rings. The van der Waals surface area contributed by atoms with E-state index in [1.807, 2.05) is 19.1 Å². The second-order valence-corrected chi connectivity index (χ2v) is 7.90. The number of nitrogens with one attached hydrogen (secondary N) is 2. The normalized spacial score (nSPS) is 12.0. The quantitative estimate of drug-likeness (QED) is 0.575. The van der Waals surface area contributed by atoms with Gasteiger partial charge in [0.2, 0.25) is 0 Å². The Morgan fingerprint density at radius 2 is 1.77 bits per heavy atom. The number of halogens is 1. The third kappa shape index (κ3) is 6.15. The van der Waals surface area contributed by atoms with Gasteiger partial charge in [-0.15, -0.1) is 0 Å². The third-order valence-electron chi connectivity index (χ3n) is 3.77. The van der Waals surface area contributed by atoms with Crippen molar-refractivity contribution in [1.82, 2.24) is 10.6 Å². The van der Waals surface area contributed by atoms with Gasteiger partial charge in [0.05, 0.1) is 11.4 Å². The van der Waals surface area contributed by atoms with Gasteiger partial charge in [-0.2, -0.15) is 0 Å². The van der Waals surface area contributed by atoms with E-state index in [0.29, 0.717) is 35.9 Å². The van der Waals surface area contributed by atoms with Gasteiger partial charge in [-0.25, -0.2) is 17.8 Å². The average molecular weight is 377 g/mol. The minimum absolute atomic E-state index is 0.255. The lowest BCUT2D eigenvalue weighted by molar-refractivity contribution is 0.602. The second kappa shape index (κ2) is 9.33. The molecule has 0 aliphatic carbocycles. The SMILES string of the molecule is CCNC(=NCc1ccccc1F)NCCc1ccc(S(C)(=O)=O)cc1. The van der Waals surface area contributed by atoms with Crippen molar-refractivity contribution in [2.75, 3.05) is 19.3 Å². The fourth-order valence-electron chi connectivity index (χ4n) is 2.36. The molecule has 2 N–H and O–H groups in total. The molecule has 7 heteroatoms. The van der Waals surface area contributed by atoms with Crippen LogP contribution in [0.5, 0.6) is 0 Å². The van der Waals surface area contributed by atoms with E-state index < -0.39 is 9.84 Å². The van der Waals surface area contributed by atoms with Gasteiger partial charge in [0.25, 0.3) is 0 Å². The third-order valence-corrected chi connectivity index (χ3v) is 4.90. The van der Waals surface area contributed by atoms with Gasteiger partial charge in [-0.05, 0) is 37.1 Å². The Kier molecular flexibility index (Phi) is 7.15. The number of aliphatic imine (C=N–C) groups is 1. The first-order chi connectivity index (χ1) is 12.4. The van der Waals surface area contributed by atoms with E-state index in [0.717, 1.165) is 5.56 Å². The molecule has 2 aromatic rings. The number of guanidine groups is 1. The lowest BCUT2D eigenvalue weighted by Gasteiger charge is -2.11. The van der Waals surface area contributed by atoms with E-state index in [2.05, 4.69) is 15.6 Å². The predicted octanol–water partition coefficient (Wildman–Crippen LogP) is 2.53. The molecule has 0 unspecified atom stereocenters. The summed E-state index contributed by atoms with van der Waals surface area (Å²) in [4.78, 5) is 4.71. The summed E-state index contributed by atoms with van der Waals surface area (Å²) in [5.41, 5.74) is 1.57. The van der Waals surface area contributed by atoms with Crippen molar-refractivity contribution in [3.63, 3.8) is 0 Å². The van der Waals surface area contributed by atoms with Crippen molar-refractivity contribution in [3.8, 4) is 0 Å². The molecule has 0 bridgehead atoms. The van der Waals surface area contributed by atoms with Crippen molar-refractivity contribution in [1.29, 1.82) is 0 Å². The molecule has 0 spiro atoms. The highest BCUT2D eigenvalue weighted by molar-refractivity contribution is 7.90. The molecule has 0 saturated heterocycles. The van der Waals surface area contributed by atoms with Crippen LogP contribution in [-0.4, -0.2) is 33.7 Å². The highest BCUT2D eigenvalue weighted by atomic mass is 32.2. The Hall–Kier alpha value is -2.41. The van der Waals surface area contributed by atoms with Crippen LogP contribution in [0.4, 0.5) is 4.39 Å². The molecular weight excluding hydrogens is 353 g/mol. The van der Waals surface area contributed by atoms with Crippen LogP contribution in [0, 0.1) is 5.82 Å². The number of hydrogen-bond donors (Lipinski definition) is 2. The topological polar surface area (TPSA) is 70.6 Å². The van der Waals surface area contributed by atoms with Crippen LogP contribution < -0.4 is 10.6 Å². The van der Waals surface area contributed by atoms with Gasteiger partial charge in [0.1, 0.15) is 5.82 Å². The number of sulfone groups is 1. The van der Waals surface area contributed by atoms with Crippen molar-refractivity contribution in [2.45, 2.75) is 24.8 Å². The molecule has 0 radical (unpaired) electrons. The highest BCUT2D eigenvalue weighted by Crippen LogP contribution is 2.10. The maximum Gasteiger partial charge on any atom is 0.191 e. The van der Waals surface area contributed by atoms with Crippen molar-refractivity contribution in [3.05, 3.63) is 65.5 Å². The standard InChI is InChI=1S/C19H24FN3O2S/c1-3-21-19(23-14-16-6-4-5-7-18(16)20)22-13-12-15-8-10-17(11-9-15)26(2,24)25/h4-11H,3,12-14H2,1-2H3,(H2,21,22,23). The maximum absolute atomic E-state index is 13.7. The van der Waals surface area contributed by atoms with Gasteiger partial charge >= 0.3 is 0 Å². The Labute approximate surface area is 154 Å². The summed E-state index contributed by atoms with van der Waals surface area (Å²) in [5, 5.41) is 6.33. The van der Waals surface area contributed by atoms with E-state index in [4.69, 9.17) is 0 Å². The molecule has 5 nitrogen and oxygen atoms in total. The predicted molar refractivity (Wildman–Crippen MR) is 102 cm³/mol. The van der Waals surface area contributed by atoms with E-state index in [9.17, 15) is 12.8 Å².